The molecular formula is C22H22N4OS. The fourth-order valence-electron chi connectivity index (χ4n) is 3.21. The first-order valence-corrected chi connectivity index (χ1v) is 10.2. The number of nitrogens with one attached hydrogen (secondary N) is 2. The van der Waals surface area contributed by atoms with Crippen LogP contribution >= 0.6 is 11.8 Å². The zero-order valence-electron chi connectivity index (χ0n) is 15.5. The summed E-state index contributed by atoms with van der Waals surface area (Å²) in [5, 5.41) is 5.80. The topological polar surface area (TPSA) is 57.3 Å². The SMILES string of the molecule is O=C(NCCCN1c2ccccc2Sc2ccccc21)NCc1cccnc1. The summed E-state index contributed by atoms with van der Waals surface area (Å²) < 4.78 is 0. The highest BCUT2D eigenvalue weighted by Gasteiger charge is 2.22. The third kappa shape index (κ3) is 4.28. The summed E-state index contributed by atoms with van der Waals surface area (Å²) in [6.45, 7) is 1.94. The number of amides is 2. The summed E-state index contributed by atoms with van der Waals surface area (Å²) in [5.41, 5.74) is 3.44. The maximum Gasteiger partial charge on any atom is 0.315 e. The zero-order chi connectivity index (χ0) is 19.2. The molecule has 0 saturated heterocycles. The second-order valence-electron chi connectivity index (χ2n) is 6.51. The summed E-state index contributed by atoms with van der Waals surface area (Å²) in [6.07, 6.45) is 4.33. The van der Waals surface area contributed by atoms with Crippen molar-refractivity contribution in [2.24, 2.45) is 0 Å². The van der Waals surface area contributed by atoms with Crippen molar-refractivity contribution in [1.82, 2.24) is 15.6 Å². The lowest BCUT2D eigenvalue weighted by Crippen LogP contribution is -2.36. The Hall–Kier alpha value is -2.99. The van der Waals surface area contributed by atoms with Gasteiger partial charge < -0.3 is 15.5 Å². The monoisotopic (exact) mass is 390 g/mol. The van der Waals surface area contributed by atoms with Crippen molar-refractivity contribution in [1.29, 1.82) is 0 Å². The molecule has 0 bridgehead atoms. The van der Waals surface area contributed by atoms with E-state index >= 15 is 0 Å². The summed E-state index contributed by atoms with van der Waals surface area (Å²) in [5.74, 6) is 0. The number of pyridine rings is 1. The maximum atomic E-state index is 12.0. The fraction of sp³-hybridized carbons (Fsp3) is 0.182. The Labute approximate surface area is 169 Å². The molecule has 0 spiro atoms. The molecule has 0 fully saturated rings. The van der Waals surface area contributed by atoms with Crippen LogP contribution in [0.4, 0.5) is 16.2 Å². The lowest BCUT2D eigenvalue weighted by Gasteiger charge is -2.32. The summed E-state index contributed by atoms with van der Waals surface area (Å²) in [6, 6.07) is 20.6. The van der Waals surface area contributed by atoms with Crippen LogP contribution < -0.4 is 15.5 Å². The third-order valence-electron chi connectivity index (χ3n) is 4.55. The molecule has 28 heavy (non-hydrogen) atoms. The largest absolute Gasteiger partial charge is 0.340 e. The van der Waals surface area contributed by atoms with Crippen LogP contribution in [0.2, 0.25) is 0 Å². The molecule has 0 aliphatic carbocycles. The van der Waals surface area contributed by atoms with E-state index in [2.05, 4.69) is 69.0 Å². The van der Waals surface area contributed by atoms with Crippen LogP contribution in [0, 0.1) is 0 Å². The Morgan fingerprint density at radius 1 is 0.929 bits per heavy atom. The number of hydrogen-bond acceptors (Lipinski definition) is 4. The van der Waals surface area contributed by atoms with Crippen LogP contribution in [-0.4, -0.2) is 24.1 Å². The smallest absolute Gasteiger partial charge is 0.315 e. The molecule has 6 heteroatoms. The number of rotatable bonds is 6. The van der Waals surface area contributed by atoms with Crippen molar-refractivity contribution in [3.8, 4) is 0 Å². The number of para-hydroxylation sites is 2. The number of carbonyl (C=O) groups excluding carboxylic acids is 1. The van der Waals surface area contributed by atoms with Gasteiger partial charge in [0.05, 0.1) is 11.4 Å². The predicted molar refractivity (Wildman–Crippen MR) is 113 cm³/mol. The molecule has 5 nitrogen and oxygen atoms in total. The van der Waals surface area contributed by atoms with Gasteiger partial charge in [0.2, 0.25) is 0 Å². The molecule has 0 atom stereocenters. The van der Waals surface area contributed by atoms with Crippen molar-refractivity contribution in [2.45, 2.75) is 22.8 Å². The van der Waals surface area contributed by atoms with E-state index in [1.54, 1.807) is 12.4 Å². The second kappa shape index (κ2) is 8.80. The van der Waals surface area contributed by atoms with Crippen LogP contribution in [0.5, 0.6) is 0 Å². The quantitative estimate of drug-likeness (QED) is 0.605. The highest BCUT2D eigenvalue weighted by Crippen LogP contribution is 2.47. The van der Waals surface area contributed by atoms with Crippen molar-refractivity contribution in [3.63, 3.8) is 0 Å². The molecule has 1 aliphatic rings. The van der Waals surface area contributed by atoms with Gasteiger partial charge in [-0.3, -0.25) is 4.98 Å². The van der Waals surface area contributed by atoms with Gasteiger partial charge in [0.1, 0.15) is 0 Å². The van der Waals surface area contributed by atoms with Gasteiger partial charge in [-0.1, -0.05) is 42.1 Å². The highest BCUT2D eigenvalue weighted by atomic mass is 32.2. The Bertz CT molecular complexity index is 903. The van der Waals surface area contributed by atoms with Crippen molar-refractivity contribution in [3.05, 3.63) is 78.6 Å². The molecular weight excluding hydrogens is 368 g/mol. The first-order valence-electron chi connectivity index (χ1n) is 9.35. The van der Waals surface area contributed by atoms with E-state index < -0.39 is 0 Å². The minimum Gasteiger partial charge on any atom is -0.340 e. The van der Waals surface area contributed by atoms with Crippen LogP contribution in [0.25, 0.3) is 0 Å². The molecule has 2 heterocycles. The molecule has 1 aliphatic heterocycles. The third-order valence-corrected chi connectivity index (χ3v) is 5.68. The van der Waals surface area contributed by atoms with Gasteiger partial charge in [-0.15, -0.1) is 0 Å². The van der Waals surface area contributed by atoms with Gasteiger partial charge in [-0.2, -0.15) is 0 Å². The molecule has 4 rings (SSSR count). The standard InChI is InChI=1S/C22H22N4OS/c27-22(25-16-17-7-5-12-23-15-17)24-13-6-14-26-18-8-1-3-10-20(18)28-21-11-4-2-9-19(21)26/h1-5,7-12,15H,6,13-14,16H2,(H2,24,25,27). The van der Waals surface area contributed by atoms with Gasteiger partial charge >= 0.3 is 6.03 Å². The Kier molecular flexibility index (Phi) is 5.77. The van der Waals surface area contributed by atoms with Gasteiger partial charge in [-0.25, -0.2) is 4.79 Å². The maximum absolute atomic E-state index is 12.0. The first kappa shape index (κ1) is 18.4. The molecule has 1 aromatic heterocycles. The van der Waals surface area contributed by atoms with Crippen LogP contribution in [0.1, 0.15) is 12.0 Å². The molecule has 0 saturated carbocycles. The Morgan fingerprint density at radius 3 is 2.32 bits per heavy atom. The number of nitrogens with zero attached hydrogens (tertiary/aromatic N) is 2. The van der Waals surface area contributed by atoms with Gasteiger partial charge in [0.15, 0.2) is 0 Å². The van der Waals surface area contributed by atoms with Crippen LogP contribution in [0.15, 0.2) is 82.8 Å². The van der Waals surface area contributed by atoms with E-state index in [0.717, 1.165) is 18.5 Å². The van der Waals surface area contributed by atoms with E-state index in [0.29, 0.717) is 13.1 Å². The van der Waals surface area contributed by atoms with E-state index in [4.69, 9.17) is 0 Å². The van der Waals surface area contributed by atoms with Crippen molar-refractivity contribution < 1.29 is 4.79 Å². The van der Waals surface area contributed by atoms with E-state index in [1.807, 2.05) is 23.9 Å². The highest BCUT2D eigenvalue weighted by molar-refractivity contribution is 7.99. The van der Waals surface area contributed by atoms with E-state index in [9.17, 15) is 4.79 Å². The predicted octanol–water partition coefficient (Wildman–Crippen LogP) is 4.57. The lowest BCUT2D eigenvalue weighted by molar-refractivity contribution is 0.240. The van der Waals surface area contributed by atoms with Crippen molar-refractivity contribution in [2.75, 3.05) is 18.0 Å². The van der Waals surface area contributed by atoms with Gasteiger partial charge in [-0.05, 0) is 42.3 Å². The number of carbonyl (C=O) groups is 1. The zero-order valence-corrected chi connectivity index (χ0v) is 16.3. The Morgan fingerprint density at radius 2 is 1.64 bits per heavy atom. The number of urea groups is 1. The van der Waals surface area contributed by atoms with Crippen LogP contribution in [-0.2, 0) is 6.54 Å². The van der Waals surface area contributed by atoms with E-state index in [-0.39, 0.29) is 6.03 Å². The molecule has 142 valence electrons. The number of anilines is 2. The molecule has 0 radical (unpaired) electrons. The Balaban J connectivity index is 1.31. The van der Waals surface area contributed by atoms with Crippen molar-refractivity contribution >= 4 is 29.2 Å². The summed E-state index contributed by atoms with van der Waals surface area (Å²) >= 11 is 1.81. The van der Waals surface area contributed by atoms with E-state index in [1.165, 1.54) is 21.2 Å². The summed E-state index contributed by atoms with van der Waals surface area (Å²) in [7, 11) is 0. The minimum absolute atomic E-state index is 0.154. The number of aromatic nitrogens is 1. The summed E-state index contributed by atoms with van der Waals surface area (Å²) in [4.78, 5) is 20.9. The second-order valence-corrected chi connectivity index (χ2v) is 7.60. The number of benzene rings is 2. The normalized spacial score (nSPS) is 12.1. The molecule has 0 unspecified atom stereocenters. The fourth-order valence-corrected chi connectivity index (χ4v) is 4.30. The number of hydrogen-bond donors (Lipinski definition) is 2. The average molecular weight is 391 g/mol. The molecule has 2 aromatic carbocycles. The van der Waals surface area contributed by atoms with Gasteiger partial charge in [0, 0.05) is 41.8 Å². The molecule has 2 amide bonds. The molecule has 3 aromatic rings. The lowest BCUT2D eigenvalue weighted by atomic mass is 10.2. The number of fused-ring (bicyclic) bond motifs is 2. The first-order chi connectivity index (χ1) is 13.8. The van der Waals surface area contributed by atoms with Crippen LogP contribution in [0.3, 0.4) is 0 Å². The van der Waals surface area contributed by atoms with Gasteiger partial charge in [0.25, 0.3) is 0 Å². The minimum atomic E-state index is -0.154. The average Bonchev–Trinajstić information content (AvgIpc) is 2.75. The molecule has 2 N–H and O–H groups in total.